The highest BCUT2D eigenvalue weighted by molar-refractivity contribution is 14.0. The Balaban J connectivity index is 0.00000392. The van der Waals surface area contributed by atoms with Crippen molar-refractivity contribution >= 4 is 35.6 Å². The number of hydrogen-bond acceptors (Lipinski definition) is 4. The summed E-state index contributed by atoms with van der Waals surface area (Å²) in [6.45, 7) is 6.22. The Bertz CT molecular complexity index is 524. The van der Waals surface area contributed by atoms with Crippen LogP contribution in [-0.2, 0) is 9.47 Å². The van der Waals surface area contributed by atoms with E-state index >= 15 is 0 Å². The maximum absolute atomic E-state index is 5.79. The van der Waals surface area contributed by atoms with Crippen molar-refractivity contribution in [1.82, 2.24) is 10.6 Å². The highest BCUT2D eigenvalue weighted by Crippen LogP contribution is 2.14. The van der Waals surface area contributed by atoms with Crippen LogP contribution in [0.2, 0.25) is 0 Å². The quantitative estimate of drug-likeness (QED) is 0.210. The number of guanidine groups is 1. The van der Waals surface area contributed by atoms with Crippen LogP contribution in [0.25, 0.3) is 0 Å². The van der Waals surface area contributed by atoms with Crippen molar-refractivity contribution in [1.29, 1.82) is 0 Å². The van der Waals surface area contributed by atoms with E-state index in [4.69, 9.17) is 9.47 Å². The number of rotatable bonds is 11. The highest BCUT2D eigenvalue weighted by atomic mass is 127. The lowest BCUT2D eigenvalue weighted by Crippen LogP contribution is -2.39. The SMILES string of the molecule is CN=C(NCCCOCC1CCOCC1)NCCCN(C)c1ccccc1.I. The van der Waals surface area contributed by atoms with Gasteiger partial charge in [0.05, 0.1) is 0 Å². The molecule has 0 spiro atoms. The molecule has 0 bridgehead atoms. The third kappa shape index (κ3) is 10.5. The first-order chi connectivity index (χ1) is 13.3. The third-order valence-corrected chi connectivity index (χ3v) is 4.84. The van der Waals surface area contributed by atoms with Gasteiger partial charge in [-0.3, -0.25) is 4.99 Å². The predicted molar refractivity (Wildman–Crippen MR) is 128 cm³/mol. The molecular formula is C21H37IN4O2. The molecular weight excluding hydrogens is 467 g/mol. The van der Waals surface area contributed by atoms with Gasteiger partial charge in [-0.15, -0.1) is 24.0 Å². The number of nitrogens with zero attached hydrogens (tertiary/aromatic N) is 2. The zero-order valence-corrected chi connectivity index (χ0v) is 19.7. The van der Waals surface area contributed by atoms with Gasteiger partial charge < -0.3 is 25.0 Å². The molecule has 7 heteroatoms. The van der Waals surface area contributed by atoms with Gasteiger partial charge in [-0.2, -0.15) is 0 Å². The monoisotopic (exact) mass is 504 g/mol. The van der Waals surface area contributed by atoms with Crippen LogP contribution in [0.15, 0.2) is 35.3 Å². The first kappa shape index (κ1) is 25.0. The molecule has 0 atom stereocenters. The molecule has 1 aliphatic heterocycles. The number of hydrogen-bond donors (Lipinski definition) is 2. The molecule has 2 rings (SSSR count). The molecule has 1 fully saturated rings. The Hall–Kier alpha value is -1.06. The second-order valence-electron chi connectivity index (χ2n) is 7.02. The normalized spacial score (nSPS) is 15.0. The predicted octanol–water partition coefficient (Wildman–Crippen LogP) is 3.13. The number of anilines is 1. The molecule has 1 aliphatic rings. The molecule has 6 nitrogen and oxygen atoms in total. The summed E-state index contributed by atoms with van der Waals surface area (Å²) in [6, 6.07) is 10.5. The molecule has 160 valence electrons. The van der Waals surface area contributed by atoms with Crippen LogP contribution in [-0.4, -0.2) is 66.1 Å². The second-order valence-corrected chi connectivity index (χ2v) is 7.02. The minimum Gasteiger partial charge on any atom is -0.381 e. The molecule has 0 unspecified atom stereocenters. The van der Waals surface area contributed by atoms with E-state index in [-0.39, 0.29) is 24.0 Å². The summed E-state index contributed by atoms with van der Waals surface area (Å²) in [6.07, 6.45) is 4.31. The summed E-state index contributed by atoms with van der Waals surface area (Å²) < 4.78 is 11.2. The summed E-state index contributed by atoms with van der Waals surface area (Å²) in [5, 5.41) is 6.73. The fourth-order valence-corrected chi connectivity index (χ4v) is 3.10. The Morgan fingerprint density at radius 2 is 1.82 bits per heavy atom. The number of ether oxygens (including phenoxy) is 2. The Labute approximate surface area is 187 Å². The van der Waals surface area contributed by atoms with Crippen molar-refractivity contribution in [2.45, 2.75) is 25.7 Å². The molecule has 1 aromatic rings. The van der Waals surface area contributed by atoms with Crippen LogP contribution in [0.5, 0.6) is 0 Å². The van der Waals surface area contributed by atoms with Crippen LogP contribution in [0, 0.1) is 5.92 Å². The summed E-state index contributed by atoms with van der Waals surface area (Å²) in [5.41, 5.74) is 1.25. The lowest BCUT2D eigenvalue weighted by molar-refractivity contribution is 0.0203. The molecule has 1 saturated heterocycles. The van der Waals surface area contributed by atoms with Crippen LogP contribution < -0.4 is 15.5 Å². The van der Waals surface area contributed by atoms with Gasteiger partial charge in [-0.25, -0.2) is 0 Å². The summed E-state index contributed by atoms with van der Waals surface area (Å²) >= 11 is 0. The maximum Gasteiger partial charge on any atom is 0.190 e. The van der Waals surface area contributed by atoms with Crippen LogP contribution in [0.3, 0.4) is 0 Å². The Kier molecular flexibility index (Phi) is 14.1. The molecule has 0 saturated carbocycles. The first-order valence-corrected chi connectivity index (χ1v) is 10.2. The fraction of sp³-hybridized carbons (Fsp3) is 0.667. The summed E-state index contributed by atoms with van der Waals surface area (Å²) in [5.74, 6) is 1.54. The van der Waals surface area contributed by atoms with Gasteiger partial charge in [0.2, 0.25) is 0 Å². The van der Waals surface area contributed by atoms with Crippen molar-refractivity contribution in [2.75, 3.05) is 65.1 Å². The lowest BCUT2D eigenvalue weighted by atomic mass is 10.0. The fourth-order valence-electron chi connectivity index (χ4n) is 3.10. The van der Waals surface area contributed by atoms with E-state index in [0.717, 1.165) is 77.7 Å². The smallest absolute Gasteiger partial charge is 0.190 e. The van der Waals surface area contributed by atoms with Gasteiger partial charge in [0, 0.05) is 65.8 Å². The van der Waals surface area contributed by atoms with E-state index in [1.807, 2.05) is 13.1 Å². The molecule has 0 amide bonds. The first-order valence-electron chi connectivity index (χ1n) is 10.2. The van der Waals surface area contributed by atoms with Gasteiger partial charge in [0.25, 0.3) is 0 Å². The minimum absolute atomic E-state index is 0. The van der Waals surface area contributed by atoms with Gasteiger partial charge in [0.1, 0.15) is 0 Å². The van der Waals surface area contributed by atoms with Gasteiger partial charge in [-0.1, -0.05) is 18.2 Å². The van der Waals surface area contributed by atoms with Gasteiger partial charge in [0.15, 0.2) is 5.96 Å². The molecule has 1 heterocycles. The largest absolute Gasteiger partial charge is 0.381 e. The topological polar surface area (TPSA) is 58.1 Å². The average Bonchev–Trinajstić information content (AvgIpc) is 2.73. The number of nitrogens with one attached hydrogen (secondary N) is 2. The summed E-state index contributed by atoms with van der Waals surface area (Å²) in [4.78, 5) is 6.55. The van der Waals surface area contributed by atoms with E-state index < -0.39 is 0 Å². The molecule has 2 N–H and O–H groups in total. The molecule has 28 heavy (non-hydrogen) atoms. The second kappa shape index (κ2) is 15.8. The number of aliphatic imine (C=N–C) groups is 1. The Morgan fingerprint density at radius 3 is 2.50 bits per heavy atom. The van der Waals surface area contributed by atoms with E-state index in [0.29, 0.717) is 5.92 Å². The van der Waals surface area contributed by atoms with E-state index in [9.17, 15) is 0 Å². The standard InChI is InChI=1S/C21H36N4O2.HI/c1-22-21(23-12-6-14-25(2)20-8-4-3-5-9-20)24-13-7-15-27-18-19-10-16-26-17-11-19;/h3-5,8-9,19H,6-7,10-18H2,1-2H3,(H2,22,23,24);1H. The number of halogens is 1. The summed E-state index contributed by atoms with van der Waals surface area (Å²) in [7, 11) is 3.94. The zero-order valence-electron chi connectivity index (χ0n) is 17.4. The average molecular weight is 504 g/mol. The van der Waals surface area contributed by atoms with Crippen molar-refractivity contribution in [3.63, 3.8) is 0 Å². The zero-order chi connectivity index (χ0) is 19.2. The van der Waals surface area contributed by atoms with E-state index in [1.54, 1.807) is 0 Å². The molecule has 0 aromatic heterocycles. The van der Waals surface area contributed by atoms with Gasteiger partial charge in [-0.05, 0) is 43.7 Å². The van der Waals surface area contributed by atoms with Gasteiger partial charge >= 0.3 is 0 Å². The van der Waals surface area contributed by atoms with E-state index in [1.165, 1.54) is 5.69 Å². The third-order valence-electron chi connectivity index (χ3n) is 4.84. The van der Waals surface area contributed by atoms with Crippen LogP contribution in [0.1, 0.15) is 25.7 Å². The minimum atomic E-state index is 0. The lowest BCUT2D eigenvalue weighted by Gasteiger charge is -2.21. The maximum atomic E-state index is 5.79. The van der Waals surface area contributed by atoms with Crippen molar-refractivity contribution in [3.05, 3.63) is 30.3 Å². The molecule has 1 aromatic carbocycles. The van der Waals surface area contributed by atoms with E-state index in [2.05, 4.69) is 51.8 Å². The van der Waals surface area contributed by atoms with Crippen molar-refractivity contribution in [2.24, 2.45) is 10.9 Å². The highest BCUT2D eigenvalue weighted by Gasteiger charge is 2.13. The molecule has 0 aliphatic carbocycles. The number of benzene rings is 1. The van der Waals surface area contributed by atoms with Crippen LogP contribution in [0.4, 0.5) is 5.69 Å². The van der Waals surface area contributed by atoms with Crippen molar-refractivity contribution in [3.8, 4) is 0 Å². The van der Waals surface area contributed by atoms with Crippen LogP contribution >= 0.6 is 24.0 Å². The Morgan fingerprint density at radius 1 is 1.14 bits per heavy atom. The molecule has 0 radical (unpaired) electrons. The van der Waals surface area contributed by atoms with Crippen molar-refractivity contribution < 1.29 is 9.47 Å². The number of para-hydroxylation sites is 1.